The molecule has 0 aromatic rings. The van der Waals surface area contributed by atoms with Crippen molar-refractivity contribution in [1.29, 1.82) is 0 Å². The van der Waals surface area contributed by atoms with Crippen LogP contribution in [0.3, 0.4) is 0 Å². The zero-order chi connectivity index (χ0) is 14.5. The van der Waals surface area contributed by atoms with Crippen LogP contribution >= 0.6 is 11.6 Å². The lowest BCUT2D eigenvalue weighted by Gasteiger charge is -2.12. The monoisotopic (exact) mass is 298 g/mol. The molecule has 0 aliphatic rings. The van der Waals surface area contributed by atoms with E-state index in [1.165, 1.54) is 20.9 Å². The third-order valence-corrected chi connectivity index (χ3v) is 4.11. The van der Waals surface area contributed by atoms with E-state index in [1.807, 2.05) is 0 Å². The summed E-state index contributed by atoms with van der Waals surface area (Å²) in [6, 6.07) is 0. The van der Waals surface area contributed by atoms with E-state index in [1.54, 1.807) is 0 Å². The Balaban J connectivity index is 4.66. The molecule has 2 amide bonds. The first-order valence-electron chi connectivity index (χ1n) is 4.88. The van der Waals surface area contributed by atoms with Gasteiger partial charge in [0.05, 0.1) is 11.0 Å². The summed E-state index contributed by atoms with van der Waals surface area (Å²) in [4.78, 5) is 27.4. The van der Waals surface area contributed by atoms with Crippen LogP contribution in [0.1, 0.15) is 13.8 Å². The Labute approximate surface area is 111 Å². The van der Waals surface area contributed by atoms with Gasteiger partial charge in [0.2, 0.25) is 5.91 Å². The second-order valence-electron chi connectivity index (χ2n) is 3.65. The molecule has 9 heteroatoms. The fourth-order valence-corrected chi connectivity index (χ4v) is 1.59. The van der Waals surface area contributed by atoms with Crippen molar-refractivity contribution in [2.45, 2.75) is 19.1 Å². The van der Waals surface area contributed by atoms with Gasteiger partial charge in [-0.2, -0.15) is 0 Å². The molecule has 1 atom stereocenters. The van der Waals surface area contributed by atoms with Crippen molar-refractivity contribution >= 4 is 39.2 Å². The van der Waals surface area contributed by atoms with Gasteiger partial charge < -0.3 is 0 Å². The number of rotatable bonds is 4. The Bertz CT molecular complexity index is 460. The molecule has 104 valence electrons. The summed E-state index contributed by atoms with van der Waals surface area (Å²) >= 11 is 5.25. The number of imide groups is 1. The molecule has 0 aliphatic carbocycles. The first-order chi connectivity index (χ1) is 8.11. The lowest BCUT2D eigenvalue weighted by atomic mass is 10.3. The number of hydrogen-bond acceptors (Lipinski definition) is 6. The number of carbonyl (C=O) groups is 2. The first kappa shape index (κ1) is 16.9. The van der Waals surface area contributed by atoms with E-state index in [0.29, 0.717) is 4.90 Å². The minimum Gasteiger partial charge on any atom is -0.298 e. The Morgan fingerprint density at radius 1 is 1.44 bits per heavy atom. The van der Waals surface area contributed by atoms with E-state index in [0.717, 1.165) is 6.26 Å². The van der Waals surface area contributed by atoms with Crippen LogP contribution in [0.25, 0.3) is 0 Å². The maximum absolute atomic E-state index is 11.3. The fraction of sp³-hybridized carbons (Fsp3) is 0.667. The van der Waals surface area contributed by atoms with Gasteiger partial charge in [0.15, 0.2) is 9.84 Å². The van der Waals surface area contributed by atoms with Crippen LogP contribution in [0.15, 0.2) is 5.16 Å². The Kier molecular flexibility index (Phi) is 6.27. The summed E-state index contributed by atoms with van der Waals surface area (Å²) in [7, 11) is -2.14. The SMILES string of the molecule is CC(=NOC(=O)N(C)C(=O)CCl)C(C)S(C)(=O)=O. The highest BCUT2D eigenvalue weighted by Gasteiger charge is 2.21. The van der Waals surface area contributed by atoms with Gasteiger partial charge in [0.1, 0.15) is 5.88 Å². The molecule has 0 aromatic heterocycles. The van der Waals surface area contributed by atoms with Crippen molar-refractivity contribution in [1.82, 2.24) is 4.90 Å². The van der Waals surface area contributed by atoms with E-state index in [2.05, 4.69) is 9.99 Å². The predicted molar refractivity (Wildman–Crippen MR) is 67.4 cm³/mol. The van der Waals surface area contributed by atoms with Crippen molar-refractivity contribution in [2.75, 3.05) is 19.2 Å². The molecule has 0 fully saturated rings. The summed E-state index contributed by atoms with van der Waals surface area (Å²) in [6.07, 6.45) is 0.0162. The van der Waals surface area contributed by atoms with Crippen molar-refractivity contribution in [3.8, 4) is 0 Å². The molecular weight excluding hydrogens is 284 g/mol. The number of oxime groups is 1. The summed E-state index contributed by atoms with van der Waals surface area (Å²) < 4.78 is 22.4. The molecule has 18 heavy (non-hydrogen) atoms. The summed E-state index contributed by atoms with van der Waals surface area (Å²) in [5.74, 6) is -1.01. The number of halogens is 1. The third kappa shape index (κ3) is 5.01. The average Bonchev–Trinajstić information content (AvgIpc) is 2.31. The van der Waals surface area contributed by atoms with E-state index in [-0.39, 0.29) is 11.6 Å². The largest absolute Gasteiger partial charge is 0.442 e. The zero-order valence-corrected chi connectivity index (χ0v) is 12.1. The van der Waals surface area contributed by atoms with E-state index in [4.69, 9.17) is 11.6 Å². The van der Waals surface area contributed by atoms with E-state index in [9.17, 15) is 18.0 Å². The lowest BCUT2D eigenvalue weighted by molar-refractivity contribution is -0.125. The van der Waals surface area contributed by atoms with Crippen LogP contribution in [0, 0.1) is 0 Å². The zero-order valence-electron chi connectivity index (χ0n) is 10.5. The topological polar surface area (TPSA) is 93.1 Å². The first-order valence-corrected chi connectivity index (χ1v) is 7.37. The van der Waals surface area contributed by atoms with Gasteiger partial charge in [-0.3, -0.25) is 9.63 Å². The van der Waals surface area contributed by atoms with E-state index < -0.39 is 27.1 Å². The normalized spacial score (nSPS) is 13.9. The minimum atomic E-state index is -3.31. The number of amides is 2. The minimum absolute atomic E-state index is 0.109. The van der Waals surface area contributed by atoms with Gasteiger partial charge in [-0.25, -0.2) is 18.1 Å². The molecule has 0 N–H and O–H groups in total. The summed E-state index contributed by atoms with van der Waals surface area (Å²) in [6.45, 7) is 2.82. The van der Waals surface area contributed by atoms with Crippen molar-refractivity contribution in [3.05, 3.63) is 0 Å². The molecule has 0 rings (SSSR count). The van der Waals surface area contributed by atoms with Gasteiger partial charge in [-0.1, -0.05) is 5.16 Å². The van der Waals surface area contributed by atoms with E-state index >= 15 is 0 Å². The average molecular weight is 299 g/mol. The second-order valence-corrected chi connectivity index (χ2v) is 6.28. The number of nitrogens with zero attached hydrogens (tertiary/aromatic N) is 2. The maximum atomic E-state index is 11.3. The molecule has 0 aliphatic heterocycles. The molecule has 0 saturated carbocycles. The summed E-state index contributed by atoms with van der Waals surface area (Å²) in [5.41, 5.74) is 0.109. The van der Waals surface area contributed by atoms with Crippen LogP contribution in [0.5, 0.6) is 0 Å². The van der Waals surface area contributed by atoms with Gasteiger partial charge in [-0.05, 0) is 13.8 Å². The van der Waals surface area contributed by atoms with Crippen molar-refractivity contribution < 1.29 is 22.8 Å². The van der Waals surface area contributed by atoms with Crippen LogP contribution in [0.4, 0.5) is 4.79 Å². The molecule has 0 aromatic carbocycles. The smallest absolute Gasteiger partial charge is 0.298 e. The van der Waals surface area contributed by atoms with Crippen LogP contribution in [0.2, 0.25) is 0 Å². The van der Waals surface area contributed by atoms with Crippen molar-refractivity contribution in [2.24, 2.45) is 5.16 Å². The number of sulfone groups is 1. The van der Waals surface area contributed by atoms with Crippen molar-refractivity contribution in [3.63, 3.8) is 0 Å². The molecule has 0 spiro atoms. The Morgan fingerprint density at radius 2 is 1.94 bits per heavy atom. The summed E-state index contributed by atoms with van der Waals surface area (Å²) in [5, 5.41) is 2.50. The molecule has 0 saturated heterocycles. The van der Waals surface area contributed by atoms with Gasteiger partial charge in [0.25, 0.3) is 0 Å². The maximum Gasteiger partial charge on any atom is 0.442 e. The predicted octanol–water partition coefficient (Wildman–Crippen LogP) is 0.629. The molecular formula is C9H15ClN2O5S. The molecule has 0 radical (unpaired) electrons. The molecule has 0 bridgehead atoms. The molecule has 1 unspecified atom stereocenters. The molecule has 7 nitrogen and oxygen atoms in total. The number of alkyl halides is 1. The Morgan fingerprint density at radius 3 is 2.33 bits per heavy atom. The standard InChI is InChI=1S/C9H15ClN2O5S/c1-6(7(2)18(4,15)16)11-17-9(14)12(3)8(13)5-10/h7H,5H2,1-4H3. The highest BCUT2D eigenvalue weighted by Crippen LogP contribution is 2.02. The molecule has 0 heterocycles. The highest BCUT2D eigenvalue weighted by molar-refractivity contribution is 7.92. The quantitative estimate of drug-likeness (QED) is 0.328. The van der Waals surface area contributed by atoms with Crippen LogP contribution < -0.4 is 0 Å². The highest BCUT2D eigenvalue weighted by atomic mass is 35.5. The fourth-order valence-electron chi connectivity index (χ4n) is 0.748. The van der Waals surface area contributed by atoms with Gasteiger partial charge in [-0.15, -0.1) is 11.6 Å². The van der Waals surface area contributed by atoms with Gasteiger partial charge >= 0.3 is 6.09 Å². The van der Waals surface area contributed by atoms with Crippen LogP contribution in [-0.2, 0) is 19.5 Å². The van der Waals surface area contributed by atoms with Crippen LogP contribution in [-0.4, -0.2) is 55.5 Å². The van der Waals surface area contributed by atoms with Gasteiger partial charge in [0, 0.05) is 13.3 Å². The third-order valence-electron chi connectivity index (χ3n) is 2.26. The lowest BCUT2D eigenvalue weighted by Crippen LogP contribution is -2.34. The number of hydrogen-bond donors (Lipinski definition) is 0. The number of carbonyl (C=O) groups excluding carboxylic acids is 2. The Hall–Kier alpha value is -1.15. The second kappa shape index (κ2) is 6.69.